The maximum absolute atomic E-state index is 9.98. The normalized spacial score (nSPS) is 6.00. The fraction of sp³-hybridized carbons (Fsp3) is 0.444. The molecule has 0 aromatic rings. The van der Waals surface area contributed by atoms with Gasteiger partial charge >= 0.3 is 5.97 Å². The molecule has 0 saturated heterocycles. The van der Waals surface area contributed by atoms with Crippen LogP contribution in [0.1, 0.15) is 20.3 Å². The summed E-state index contributed by atoms with van der Waals surface area (Å²) in [5.41, 5.74) is 0. The summed E-state index contributed by atoms with van der Waals surface area (Å²) in [5, 5.41) is 0. The van der Waals surface area contributed by atoms with E-state index in [-0.39, 0.29) is 5.97 Å². The summed E-state index contributed by atoms with van der Waals surface area (Å²) in [6.07, 6.45) is 0.902. The summed E-state index contributed by atoms with van der Waals surface area (Å²) in [6.45, 7) is 15.9. The summed E-state index contributed by atoms with van der Waals surface area (Å²) in [5.74, 6) is -0.193. The average molecular weight is 158 g/mol. The summed E-state index contributed by atoms with van der Waals surface area (Å²) in [6, 6.07) is 0. The molecule has 0 spiro atoms. The van der Waals surface area contributed by atoms with E-state index >= 15 is 0 Å². The lowest BCUT2D eigenvalue weighted by atomic mass is 10.5. The summed E-state index contributed by atoms with van der Waals surface area (Å²) in [7, 11) is 0. The van der Waals surface area contributed by atoms with E-state index in [4.69, 9.17) is 0 Å². The van der Waals surface area contributed by atoms with Crippen LogP contribution in [-0.4, -0.2) is 12.6 Å². The Morgan fingerprint density at radius 2 is 1.64 bits per heavy atom. The molecule has 0 aromatic carbocycles. The SMILES string of the molecule is C=C.C=C.CCCOC(C)=O. The third-order valence-corrected chi connectivity index (χ3v) is 0.509. The highest BCUT2D eigenvalue weighted by Gasteiger charge is 1.85. The van der Waals surface area contributed by atoms with Gasteiger partial charge in [0.15, 0.2) is 0 Å². The van der Waals surface area contributed by atoms with Crippen molar-refractivity contribution >= 4 is 5.97 Å². The van der Waals surface area contributed by atoms with Crippen LogP contribution in [-0.2, 0) is 9.53 Å². The number of esters is 1. The molecule has 0 bridgehead atoms. The van der Waals surface area contributed by atoms with Crippen molar-refractivity contribution in [2.45, 2.75) is 20.3 Å². The van der Waals surface area contributed by atoms with Crippen molar-refractivity contribution in [1.82, 2.24) is 0 Å². The number of rotatable bonds is 2. The number of carbonyl (C=O) groups is 1. The quantitative estimate of drug-likeness (QED) is 0.456. The van der Waals surface area contributed by atoms with Gasteiger partial charge in [0.1, 0.15) is 0 Å². The van der Waals surface area contributed by atoms with Crippen LogP contribution in [0, 0.1) is 0 Å². The van der Waals surface area contributed by atoms with E-state index in [0.717, 1.165) is 6.42 Å². The molecule has 0 atom stereocenters. The molecule has 0 radical (unpaired) electrons. The second-order valence-corrected chi connectivity index (χ2v) is 1.34. The molecule has 2 nitrogen and oxygen atoms in total. The predicted octanol–water partition coefficient (Wildman–Crippen LogP) is 2.56. The minimum atomic E-state index is -0.193. The number of hydrogen-bond donors (Lipinski definition) is 0. The van der Waals surface area contributed by atoms with Crippen molar-refractivity contribution < 1.29 is 9.53 Å². The molecule has 66 valence electrons. The van der Waals surface area contributed by atoms with Gasteiger partial charge in [0.05, 0.1) is 6.61 Å². The molecule has 0 unspecified atom stereocenters. The van der Waals surface area contributed by atoms with E-state index in [9.17, 15) is 4.79 Å². The maximum atomic E-state index is 9.98. The molecular weight excluding hydrogens is 140 g/mol. The first kappa shape index (κ1) is 16.5. The third kappa shape index (κ3) is 49.7. The van der Waals surface area contributed by atoms with Crippen LogP contribution in [0.2, 0.25) is 0 Å². The van der Waals surface area contributed by atoms with Gasteiger partial charge in [-0.15, -0.1) is 26.3 Å². The molecule has 0 rings (SSSR count). The predicted molar refractivity (Wildman–Crippen MR) is 49.4 cm³/mol. The molecule has 0 fully saturated rings. The van der Waals surface area contributed by atoms with Crippen molar-refractivity contribution in [3.05, 3.63) is 26.3 Å². The van der Waals surface area contributed by atoms with Crippen LogP contribution in [0.15, 0.2) is 26.3 Å². The first-order valence-corrected chi connectivity index (χ1v) is 3.40. The Morgan fingerprint density at radius 1 is 1.27 bits per heavy atom. The van der Waals surface area contributed by atoms with Gasteiger partial charge in [0.25, 0.3) is 0 Å². The minimum absolute atomic E-state index is 0.193. The van der Waals surface area contributed by atoms with Crippen molar-refractivity contribution in [2.75, 3.05) is 6.61 Å². The Bertz CT molecular complexity index is 77.6. The van der Waals surface area contributed by atoms with Gasteiger partial charge in [-0.1, -0.05) is 6.92 Å². The van der Waals surface area contributed by atoms with Gasteiger partial charge in [0.2, 0.25) is 0 Å². The second-order valence-electron chi connectivity index (χ2n) is 1.34. The molecule has 0 aromatic heterocycles. The van der Waals surface area contributed by atoms with Gasteiger partial charge < -0.3 is 4.74 Å². The Kier molecular flexibility index (Phi) is 34.6. The molecule has 0 aliphatic heterocycles. The molecule has 11 heavy (non-hydrogen) atoms. The van der Waals surface area contributed by atoms with Crippen molar-refractivity contribution in [3.63, 3.8) is 0 Å². The number of hydrogen-bond acceptors (Lipinski definition) is 2. The van der Waals surface area contributed by atoms with Crippen molar-refractivity contribution in [3.8, 4) is 0 Å². The van der Waals surface area contributed by atoms with E-state index < -0.39 is 0 Å². The van der Waals surface area contributed by atoms with Crippen LogP contribution >= 0.6 is 0 Å². The molecule has 0 N–H and O–H groups in total. The van der Waals surface area contributed by atoms with Crippen LogP contribution < -0.4 is 0 Å². The van der Waals surface area contributed by atoms with E-state index in [1.807, 2.05) is 6.92 Å². The Balaban J connectivity index is -0.000000138. The largest absolute Gasteiger partial charge is 0.466 e. The van der Waals surface area contributed by atoms with Gasteiger partial charge in [-0.25, -0.2) is 0 Å². The molecule has 0 heterocycles. The third-order valence-electron chi connectivity index (χ3n) is 0.509. The Morgan fingerprint density at radius 3 is 1.73 bits per heavy atom. The number of ether oxygens (including phenoxy) is 1. The van der Waals surface area contributed by atoms with Gasteiger partial charge in [0, 0.05) is 6.92 Å². The topological polar surface area (TPSA) is 26.3 Å². The van der Waals surface area contributed by atoms with Crippen LogP contribution in [0.3, 0.4) is 0 Å². The summed E-state index contributed by atoms with van der Waals surface area (Å²) >= 11 is 0. The molecule has 0 amide bonds. The van der Waals surface area contributed by atoms with Crippen LogP contribution in [0.4, 0.5) is 0 Å². The number of carbonyl (C=O) groups excluding carboxylic acids is 1. The van der Waals surface area contributed by atoms with Gasteiger partial charge in [-0.2, -0.15) is 0 Å². The minimum Gasteiger partial charge on any atom is -0.466 e. The van der Waals surface area contributed by atoms with E-state index in [0.29, 0.717) is 6.61 Å². The average Bonchev–Trinajstić information content (AvgIpc) is 2.08. The smallest absolute Gasteiger partial charge is 0.302 e. The highest BCUT2D eigenvalue weighted by atomic mass is 16.5. The van der Waals surface area contributed by atoms with Gasteiger partial charge in [-0.3, -0.25) is 4.79 Å². The Labute approximate surface area is 69.6 Å². The molecule has 2 heteroatoms. The lowest BCUT2D eigenvalue weighted by Gasteiger charge is -1.93. The Hall–Kier alpha value is -1.05. The highest BCUT2D eigenvalue weighted by molar-refractivity contribution is 5.65. The molecule has 0 saturated carbocycles. The summed E-state index contributed by atoms with van der Waals surface area (Å²) < 4.78 is 4.55. The fourth-order valence-electron chi connectivity index (χ4n) is 0.246. The van der Waals surface area contributed by atoms with E-state index in [1.165, 1.54) is 6.92 Å². The lowest BCUT2D eigenvalue weighted by molar-refractivity contribution is -0.140. The van der Waals surface area contributed by atoms with Gasteiger partial charge in [-0.05, 0) is 6.42 Å². The van der Waals surface area contributed by atoms with Crippen LogP contribution in [0.25, 0.3) is 0 Å². The van der Waals surface area contributed by atoms with E-state index in [2.05, 4.69) is 31.1 Å². The molecule has 0 aliphatic rings. The zero-order chi connectivity index (χ0) is 9.70. The zero-order valence-electron chi connectivity index (χ0n) is 7.56. The fourth-order valence-corrected chi connectivity index (χ4v) is 0.246. The zero-order valence-corrected chi connectivity index (χ0v) is 7.56. The van der Waals surface area contributed by atoms with Crippen molar-refractivity contribution in [2.24, 2.45) is 0 Å². The molecular formula is C9H18O2. The van der Waals surface area contributed by atoms with E-state index in [1.54, 1.807) is 0 Å². The standard InChI is InChI=1S/C5H10O2.2C2H4/c1-3-4-7-5(2)6;2*1-2/h3-4H2,1-2H3;2*1-2H2. The second kappa shape index (κ2) is 23.1. The first-order chi connectivity index (χ1) is 5.27. The lowest BCUT2D eigenvalue weighted by Crippen LogP contribution is -1.98. The molecule has 0 aliphatic carbocycles. The summed E-state index contributed by atoms with van der Waals surface area (Å²) in [4.78, 5) is 9.98. The highest BCUT2D eigenvalue weighted by Crippen LogP contribution is 1.78. The maximum Gasteiger partial charge on any atom is 0.302 e. The first-order valence-electron chi connectivity index (χ1n) is 3.40. The van der Waals surface area contributed by atoms with Crippen LogP contribution in [0.5, 0.6) is 0 Å². The van der Waals surface area contributed by atoms with Crippen molar-refractivity contribution in [1.29, 1.82) is 0 Å². The monoisotopic (exact) mass is 158 g/mol.